The molecule has 6 heteroatoms. The van der Waals surface area contributed by atoms with Gasteiger partial charge in [0.15, 0.2) is 0 Å². The summed E-state index contributed by atoms with van der Waals surface area (Å²) in [5.41, 5.74) is 2.69. The van der Waals surface area contributed by atoms with Gasteiger partial charge in [-0.25, -0.2) is 4.39 Å². The molecule has 3 aromatic rings. The van der Waals surface area contributed by atoms with Crippen molar-refractivity contribution in [2.24, 2.45) is 0 Å². The molecule has 1 amide bonds. The number of nitrogens with one attached hydrogen (secondary N) is 1. The molecule has 140 valence electrons. The Labute approximate surface area is 172 Å². The highest BCUT2D eigenvalue weighted by molar-refractivity contribution is 6.31. The summed E-state index contributed by atoms with van der Waals surface area (Å²) >= 11 is 11.9. The van der Waals surface area contributed by atoms with Crippen LogP contribution in [0.5, 0.6) is 0 Å². The summed E-state index contributed by atoms with van der Waals surface area (Å²) in [4.78, 5) is 14.8. The Balaban J connectivity index is 1.72. The molecule has 0 saturated carbocycles. The van der Waals surface area contributed by atoms with Crippen LogP contribution in [0.4, 0.5) is 15.8 Å². The van der Waals surface area contributed by atoms with E-state index < -0.39 is 0 Å². The number of hydrogen-bond donors (Lipinski definition) is 1. The summed E-state index contributed by atoms with van der Waals surface area (Å²) in [5, 5.41) is 4.35. The van der Waals surface area contributed by atoms with E-state index in [1.165, 1.54) is 12.1 Å². The van der Waals surface area contributed by atoms with Crippen LogP contribution in [0.25, 0.3) is 0 Å². The van der Waals surface area contributed by atoms with E-state index in [0.717, 1.165) is 11.3 Å². The number of carbonyl (C=O) groups excluding carboxylic acids is 1. The van der Waals surface area contributed by atoms with Crippen molar-refractivity contribution in [3.8, 4) is 0 Å². The molecule has 0 spiro atoms. The minimum absolute atomic E-state index is 0.188. The Kier molecular flexibility index (Phi) is 5.07. The van der Waals surface area contributed by atoms with Crippen molar-refractivity contribution in [2.75, 3.05) is 10.2 Å². The van der Waals surface area contributed by atoms with E-state index in [0.29, 0.717) is 21.4 Å². The molecule has 0 aromatic heterocycles. The molecule has 28 heavy (non-hydrogen) atoms. The van der Waals surface area contributed by atoms with Crippen molar-refractivity contribution < 1.29 is 9.18 Å². The largest absolute Gasteiger partial charge is 0.351 e. The number of carbonyl (C=O) groups is 1. The van der Waals surface area contributed by atoms with Crippen molar-refractivity contribution in [3.05, 3.63) is 106 Å². The van der Waals surface area contributed by atoms with E-state index in [-0.39, 0.29) is 17.8 Å². The first-order chi connectivity index (χ1) is 13.5. The van der Waals surface area contributed by atoms with Crippen molar-refractivity contribution in [2.45, 2.75) is 6.04 Å². The number of amides is 1. The molecular weight excluding hydrogens is 398 g/mol. The molecule has 0 unspecified atom stereocenters. The topological polar surface area (TPSA) is 32.3 Å². The van der Waals surface area contributed by atoms with Gasteiger partial charge < -0.3 is 5.32 Å². The van der Waals surface area contributed by atoms with Gasteiger partial charge in [-0.15, -0.1) is 0 Å². The van der Waals surface area contributed by atoms with Gasteiger partial charge in [-0.05, 0) is 72.3 Å². The van der Waals surface area contributed by atoms with Crippen LogP contribution in [0.3, 0.4) is 0 Å². The van der Waals surface area contributed by atoms with E-state index in [9.17, 15) is 9.18 Å². The summed E-state index contributed by atoms with van der Waals surface area (Å²) in [6.45, 7) is 0. The van der Waals surface area contributed by atoms with Crippen molar-refractivity contribution in [3.63, 3.8) is 0 Å². The van der Waals surface area contributed by atoms with E-state index in [1.807, 2.05) is 6.08 Å². The lowest BCUT2D eigenvalue weighted by atomic mass is 10.1. The van der Waals surface area contributed by atoms with Crippen LogP contribution in [0.15, 0.2) is 84.6 Å². The quantitative estimate of drug-likeness (QED) is 0.551. The molecule has 0 aliphatic carbocycles. The highest BCUT2D eigenvalue weighted by atomic mass is 35.5. The fourth-order valence-electron chi connectivity index (χ4n) is 3.13. The van der Waals surface area contributed by atoms with Gasteiger partial charge in [0.25, 0.3) is 5.91 Å². The maximum Gasteiger partial charge on any atom is 0.275 e. The summed E-state index contributed by atoms with van der Waals surface area (Å²) in [7, 11) is 0. The number of hydrogen-bond acceptors (Lipinski definition) is 2. The minimum atomic E-state index is -0.371. The molecule has 1 atom stereocenters. The highest BCUT2D eigenvalue weighted by Crippen LogP contribution is 2.36. The zero-order chi connectivity index (χ0) is 19.7. The van der Waals surface area contributed by atoms with Gasteiger partial charge in [0, 0.05) is 21.4 Å². The second-order valence-corrected chi connectivity index (χ2v) is 7.23. The third-order valence-corrected chi connectivity index (χ3v) is 5.00. The molecule has 0 saturated heterocycles. The molecular formula is C22H15Cl2FN2O. The lowest BCUT2D eigenvalue weighted by molar-refractivity contribution is -0.114. The first-order valence-electron chi connectivity index (χ1n) is 8.60. The summed E-state index contributed by atoms with van der Waals surface area (Å²) in [6, 6.07) is 19.9. The Bertz CT molecular complexity index is 1030. The van der Waals surface area contributed by atoms with E-state index in [4.69, 9.17) is 23.2 Å². The summed E-state index contributed by atoms with van der Waals surface area (Å²) in [5.74, 6) is -0.513. The Morgan fingerprint density at radius 3 is 2.00 bits per heavy atom. The van der Waals surface area contributed by atoms with Gasteiger partial charge in [-0.3, -0.25) is 9.69 Å². The maximum absolute atomic E-state index is 13.4. The van der Waals surface area contributed by atoms with Gasteiger partial charge in [0.2, 0.25) is 0 Å². The second-order valence-electron chi connectivity index (χ2n) is 6.36. The summed E-state index contributed by atoms with van der Waals surface area (Å²) < 4.78 is 13.4. The lowest BCUT2D eigenvalue weighted by Crippen LogP contribution is -2.30. The van der Waals surface area contributed by atoms with Crippen LogP contribution in [0.1, 0.15) is 11.6 Å². The molecule has 1 heterocycles. The number of rotatable bonds is 4. The summed E-state index contributed by atoms with van der Waals surface area (Å²) in [6.07, 6.45) is 1.83. The minimum Gasteiger partial charge on any atom is -0.351 e. The first kappa shape index (κ1) is 18.5. The Morgan fingerprint density at radius 1 is 0.821 bits per heavy atom. The molecule has 1 N–H and O–H groups in total. The fraction of sp³-hybridized carbons (Fsp3) is 0.0455. The highest BCUT2D eigenvalue weighted by Gasteiger charge is 2.34. The molecule has 0 bridgehead atoms. The second kappa shape index (κ2) is 7.66. The number of anilines is 2. The fourth-order valence-corrected chi connectivity index (χ4v) is 3.38. The molecule has 1 aliphatic rings. The maximum atomic E-state index is 13.4. The van der Waals surface area contributed by atoms with E-state index in [1.54, 1.807) is 65.6 Å². The van der Waals surface area contributed by atoms with Crippen LogP contribution >= 0.6 is 23.2 Å². The van der Waals surface area contributed by atoms with Crippen LogP contribution in [-0.4, -0.2) is 5.91 Å². The monoisotopic (exact) mass is 412 g/mol. The van der Waals surface area contributed by atoms with Crippen LogP contribution < -0.4 is 10.2 Å². The van der Waals surface area contributed by atoms with Crippen LogP contribution in [-0.2, 0) is 4.79 Å². The number of nitrogens with zero attached hydrogens (tertiary/aromatic N) is 1. The zero-order valence-corrected chi connectivity index (χ0v) is 16.1. The molecule has 4 rings (SSSR count). The van der Waals surface area contributed by atoms with Gasteiger partial charge >= 0.3 is 0 Å². The molecule has 3 nitrogen and oxygen atoms in total. The molecule has 0 fully saturated rings. The normalized spacial score (nSPS) is 16.2. The Hall–Kier alpha value is -2.82. The Morgan fingerprint density at radius 2 is 1.39 bits per heavy atom. The number of halogens is 3. The smallest absolute Gasteiger partial charge is 0.275 e. The standard InChI is InChI=1S/C22H15Cl2FN2O/c23-15-3-9-18(10-4-15)26-20-13-21(14-1-7-17(25)8-2-14)27(22(20)28)19-11-5-16(24)6-12-19/h1-13,21,26H/t21-/m0/s1. The van der Waals surface area contributed by atoms with Crippen LogP contribution in [0, 0.1) is 5.82 Å². The van der Waals surface area contributed by atoms with Gasteiger partial charge in [0.1, 0.15) is 11.5 Å². The SMILES string of the molecule is O=C1C(Nc2ccc(Cl)cc2)=C[C@@H](c2ccc(F)cc2)N1c1ccc(Cl)cc1. The molecule has 0 radical (unpaired) electrons. The van der Waals surface area contributed by atoms with Gasteiger partial charge in [-0.1, -0.05) is 35.3 Å². The van der Waals surface area contributed by atoms with E-state index in [2.05, 4.69) is 5.32 Å². The van der Waals surface area contributed by atoms with Crippen molar-refractivity contribution in [1.29, 1.82) is 0 Å². The van der Waals surface area contributed by atoms with Gasteiger partial charge in [0.05, 0.1) is 6.04 Å². The first-order valence-corrected chi connectivity index (χ1v) is 9.36. The van der Waals surface area contributed by atoms with E-state index >= 15 is 0 Å². The average molecular weight is 413 g/mol. The van der Waals surface area contributed by atoms with Crippen molar-refractivity contribution >= 4 is 40.5 Å². The molecule has 3 aromatic carbocycles. The predicted molar refractivity (Wildman–Crippen MR) is 111 cm³/mol. The zero-order valence-electron chi connectivity index (χ0n) is 14.6. The lowest BCUT2D eigenvalue weighted by Gasteiger charge is -2.25. The number of benzene rings is 3. The predicted octanol–water partition coefficient (Wildman–Crippen LogP) is 6.22. The third-order valence-electron chi connectivity index (χ3n) is 4.49. The van der Waals surface area contributed by atoms with Gasteiger partial charge in [-0.2, -0.15) is 0 Å². The third kappa shape index (κ3) is 3.75. The van der Waals surface area contributed by atoms with Crippen LogP contribution in [0.2, 0.25) is 10.0 Å². The van der Waals surface area contributed by atoms with Crippen molar-refractivity contribution in [1.82, 2.24) is 0 Å². The molecule has 1 aliphatic heterocycles. The average Bonchev–Trinajstić information content (AvgIpc) is 3.01.